The average molecular weight is 245 g/mol. The van der Waals surface area contributed by atoms with Crippen molar-refractivity contribution in [2.45, 2.75) is 0 Å². The minimum absolute atomic E-state index is 0.255. The zero-order valence-electron chi connectivity index (χ0n) is 7.41. The Morgan fingerprint density at radius 2 is 1.60 bits per heavy atom. The second-order valence-corrected chi connectivity index (χ2v) is 3.57. The van der Waals surface area contributed by atoms with Crippen LogP contribution in [0.5, 0.6) is 0 Å². The van der Waals surface area contributed by atoms with Crippen molar-refractivity contribution in [1.29, 1.82) is 0 Å². The van der Waals surface area contributed by atoms with E-state index in [1.54, 1.807) is 0 Å². The number of benzene rings is 1. The Hall–Kier alpha value is -1.32. The number of carbonyl (C=O) groups is 2. The summed E-state index contributed by atoms with van der Waals surface area (Å²) < 4.78 is 0. The molecule has 0 aliphatic heterocycles. The van der Waals surface area contributed by atoms with Gasteiger partial charge < -0.3 is 5.11 Å². The maximum absolute atomic E-state index is 11.4. The summed E-state index contributed by atoms with van der Waals surface area (Å²) in [6, 6.07) is 4.32. The van der Waals surface area contributed by atoms with Gasteiger partial charge in [-0.25, -0.2) is 4.79 Å². The summed E-state index contributed by atoms with van der Waals surface area (Å²) in [6.45, 7) is 0. The van der Waals surface area contributed by atoms with E-state index in [-0.39, 0.29) is 5.56 Å². The predicted octanol–water partition coefficient (Wildman–Crippen LogP) is 2.82. The Morgan fingerprint density at radius 3 is 2.07 bits per heavy atom. The number of allylic oxidation sites excluding steroid dienone is 1. The molecule has 0 aliphatic rings. The Balaban J connectivity index is 2.96. The first kappa shape index (κ1) is 11.8. The third-order valence-corrected chi connectivity index (χ3v) is 1.96. The van der Waals surface area contributed by atoms with Crippen LogP contribution in [0.1, 0.15) is 10.4 Å². The zero-order valence-corrected chi connectivity index (χ0v) is 8.92. The zero-order chi connectivity index (χ0) is 11.4. The van der Waals surface area contributed by atoms with Crippen molar-refractivity contribution in [2.24, 2.45) is 0 Å². The van der Waals surface area contributed by atoms with Crippen molar-refractivity contribution >= 4 is 35.0 Å². The van der Waals surface area contributed by atoms with E-state index in [1.807, 2.05) is 0 Å². The summed E-state index contributed by atoms with van der Waals surface area (Å²) in [7, 11) is 0. The lowest BCUT2D eigenvalue weighted by atomic mass is 10.1. The van der Waals surface area contributed by atoms with E-state index in [0.717, 1.165) is 12.2 Å². The molecule has 0 aliphatic carbocycles. The van der Waals surface area contributed by atoms with Crippen LogP contribution in [-0.4, -0.2) is 16.9 Å². The summed E-state index contributed by atoms with van der Waals surface area (Å²) in [5, 5.41) is 8.98. The molecule has 0 atom stereocenters. The van der Waals surface area contributed by atoms with Crippen LogP contribution >= 0.6 is 23.2 Å². The molecule has 0 spiro atoms. The molecule has 0 amide bonds. The lowest BCUT2D eigenvalue weighted by Crippen LogP contribution is -1.96. The molecule has 5 heteroatoms. The largest absolute Gasteiger partial charge is 0.478 e. The predicted molar refractivity (Wildman–Crippen MR) is 57.6 cm³/mol. The first-order valence-electron chi connectivity index (χ1n) is 3.90. The number of halogens is 2. The van der Waals surface area contributed by atoms with E-state index in [4.69, 9.17) is 28.3 Å². The number of hydrogen-bond donors (Lipinski definition) is 1. The number of carboxylic acid groups (broad SMARTS) is 1. The second kappa shape index (κ2) is 4.96. The van der Waals surface area contributed by atoms with Gasteiger partial charge in [0.15, 0.2) is 5.78 Å². The van der Waals surface area contributed by atoms with Crippen LogP contribution in [0.3, 0.4) is 0 Å². The van der Waals surface area contributed by atoms with Crippen molar-refractivity contribution in [3.05, 3.63) is 46.0 Å². The van der Waals surface area contributed by atoms with Crippen LogP contribution < -0.4 is 0 Å². The molecule has 1 N–H and O–H groups in total. The van der Waals surface area contributed by atoms with Gasteiger partial charge in [-0.2, -0.15) is 0 Å². The number of hydrogen-bond acceptors (Lipinski definition) is 2. The van der Waals surface area contributed by atoms with E-state index in [2.05, 4.69) is 0 Å². The molecule has 3 nitrogen and oxygen atoms in total. The smallest absolute Gasteiger partial charge is 0.328 e. The molecule has 0 aromatic heterocycles. The number of carbonyl (C=O) groups excluding carboxylic acids is 1. The summed E-state index contributed by atoms with van der Waals surface area (Å²) in [5.41, 5.74) is 0.255. The fourth-order valence-electron chi connectivity index (χ4n) is 0.939. The quantitative estimate of drug-likeness (QED) is 0.658. The molecule has 0 bridgehead atoms. The fraction of sp³-hybridized carbons (Fsp3) is 0. The van der Waals surface area contributed by atoms with Crippen LogP contribution in [0.25, 0.3) is 0 Å². The van der Waals surface area contributed by atoms with Gasteiger partial charge in [-0.15, -0.1) is 0 Å². The lowest BCUT2D eigenvalue weighted by molar-refractivity contribution is -0.131. The lowest BCUT2D eigenvalue weighted by Gasteiger charge is -1.98. The van der Waals surface area contributed by atoms with Crippen LogP contribution in [-0.2, 0) is 4.79 Å². The molecular formula is C10H6Cl2O3. The summed E-state index contributed by atoms with van der Waals surface area (Å²) in [5.74, 6) is -1.64. The van der Waals surface area contributed by atoms with Crippen LogP contribution in [0.15, 0.2) is 30.4 Å². The van der Waals surface area contributed by atoms with Gasteiger partial charge in [0.1, 0.15) is 0 Å². The Bertz CT molecular complexity index is 418. The first-order chi connectivity index (χ1) is 6.99. The Kier molecular flexibility index (Phi) is 3.88. The van der Waals surface area contributed by atoms with Gasteiger partial charge in [0.05, 0.1) is 0 Å². The molecule has 1 rings (SSSR count). The van der Waals surface area contributed by atoms with Gasteiger partial charge in [-0.05, 0) is 24.3 Å². The average Bonchev–Trinajstić information content (AvgIpc) is 2.12. The van der Waals surface area contributed by atoms with Crippen molar-refractivity contribution in [3.8, 4) is 0 Å². The van der Waals surface area contributed by atoms with Crippen LogP contribution in [0.2, 0.25) is 10.0 Å². The highest BCUT2D eigenvalue weighted by molar-refractivity contribution is 6.35. The minimum Gasteiger partial charge on any atom is -0.478 e. The summed E-state index contributed by atoms with van der Waals surface area (Å²) in [6.07, 6.45) is 1.71. The molecule has 0 heterocycles. The highest BCUT2D eigenvalue weighted by Gasteiger charge is 2.05. The Labute approximate surface area is 95.9 Å². The summed E-state index contributed by atoms with van der Waals surface area (Å²) in [4.78, 5) is 21.6. The van der Waals surface area contributed by atoms with E-state index in [0.29, 0.717) is 10.0 Å². The standard InChI is InChI=1S/C10H6Cl2O3/c11-7-3-6(4-8(12)5-7)9(13)1-2-10(14)15/h1-5H,(H,14,15). The highest BCUT2D eigenvalue weighted by Crippen LogP contribution is 2.19. The van der Waals surface area contributed by atoms with E-state index in [1.165, 1.54) is 18.2 Å². The van der Waals surface area contributed by atoms with E-state index in [9.17, 15) is 9.59 Å². The number of carboxylic acids is 1. The molecule has 0 saturated heterocycles. The molecule has 1 aromatic rings. The van der Waals surface area contributed by atoms with Gasteiger partial charge in [0.2, 0.25) is 0 Å². The number of rotatable bonds is 3. The van der Waals surface area contributed by atoms with Gasteiger partial charge in [-0.3, -0.25) is 4.79 Å². The normalized spacial score (nSPS) is 10.5. The van der Waals surface area contributed by atoms with Gasteiger partial charge >= 0.3 is 5.97 Å². The SMILES string of the molecule is O=C(O)C=CC(=O)c1cc(Cl)cc(Cl)c1. The van der Waals surface area contributed by atoms with E-state index >= 15 is 0 Å². The minimum atomic E-state index is -1.18. The number of aliphatic carboxylic acids is 1. The molecule has 0 fully saturated rings. The molecule has 0 unspecified atom stereocenters. The first-order valence-corrected chi connectivity index (χ1v) is 4.66. The molecular weight excluding hydrogens is 239 g/mol. The van der Waals surface area contributed by atoms with Crippen LogP contribution in [0, 0.1) is 0 Å². The third kappa shape index (κ3) is 3.73. The summed E-state index contributed by atoms with van der Waals surface area (Å²) >= 11 is 11.4. The second-order valence-electron chi connectivity index (χ2n) is 2.69. The fourth-order valence-corrected chi connectivity index (χ4v) is 1.47. The number of ketones is 1. The van der Waals surface area contributed by atoms with Crippen molar-refractivity contribution in [3.63, 3.8) is 0 Å². The maximum Gasteiger partial charge on any atom is 0.328 e. The van der Waals surface area contributed by atoms with Gasteiger partial charge in [0.25, 0.3) is 0 Å². The molecule has 1 aromatic carbocycles. The molecule has 78 valence electrons. The molecule has 0 saturated carbocycles. The molecule has 0 radical (unpaired) electrons. The maximum atomic E-state index is 11.4. The third-order valence-electron chi connectivity index (χ3n) is 1.52. The van der Waals surface area contributed by atoms with Crippen molar-refractivity contribution < 1.29 is 14.7 Å². The van der Waals surface area contributed by atoms with Gasteiger partial charge in [0, 0.05) is 21.7 Å². The molecule has 15 heavy (non-hydrogen) atoms. The van der Waals surface area contributed by atoms with E-state index < -0.39 is 11.8 Å². The van der Waals surface area contributed by atoms with Gasteiger partial charge in [-0.1, -0.05) is 23.2 Å². The monoisotopic (exact) mass is 244 g/mol. The topological polar surface area (TPSA) is 54.4 Å². The van der Waals surface area contributed by atoms with Crippen molar-refractivity contribution in [1.82, 2.24) is 0 Å². The highest BCUT2D eigenvalue weighted by atomic mass is 35.5. The van der Waals surface area contributed by atoms with Crippen molar-refractivity contribution in [2.75, 3.05) is 0 Å². The Morgan fingerprint density at radius 1 is 1.07 bits per heavy atom. The van der Waals surface area contributed by atoms with Crippen LogP contribution in [0.4, 0.5) is 0 Å².